The van der Waals surface area contributed by atoms with E-state index in [9.17, 15) is 0 Å². The molecule has 0 amide bonds. The average molecular weight is 330 g/mol. The van der Waals surface area contributed by atoms with E-state index in [2.05, 4.69) is 57.1 Å². The van der Waals surface area contributed by atoms with Gasteiger partial charge >= 0.3 is 0 Å². The van der Waals surface area contributed by atoms with Gasteiger partial charge in [-0.1, -0.05) is 13.0 Å². The Hall–Kier alpha value is -0.160. The molecule has 0 aliphatic rings. The molecular weight excluding hydrogens is 314 g/mol. The van der Waals surface area contributed by atoms with Crippen LogP contribution in [0.25, 0.3) is 0 Å². The second-order valence-electron chi connectivity index (χ2n) is 3.96. The van der Waals surface area contributed by atoms with E-state index >= 15 is 0 Å². The van der Waals surface area contributed by atoms with Gasteiger partial charge in [0.25, 0.3) is 0 Å². The number of hydrogen-bond donors (Lipinski definition) is 1. The summed E-state index contributed by atoms with van der Waals surface area (Å²) in [6.07, 6.45) is 2.26. The minimum atomic E-state index is 0.459. The van der Waals surface area contributed by atoms with Crippen molar-refractivity contribution >= 4 is 38.6 Å². The van der Waals surface area contributed by atoms with Crippen LogP contribution >= 0.6 is 38.6 Å². The van der Waals surface area contributed by atoms with Gasteiger partial charge in [-0.15, -0.1) is 22.7 Å². The molecule has 2 aromatic heterocycles. The summed E-state index contributed by atoms with van der Waals surface area (Å²) in [5.41, 5.74) is 0. The second-order valence-corrected chi connectivity index (χ2v) is 6.85. The van der Waals surface area contributed by atoms with Crippen LogP contribution in [0, 0.1) is 0 Å². The van der Waals surface area contributed by atoms with E-state index in [1.807, 2.05) is 22.7 Å². The highest BCUT2D eigenvalue weighted by molar-refractivity contribution is 9.10. The van der Waals surface area contributed by atoms with E-state index in [1.54, 1.807) is 0 Å². The fraction of sp³-hybridized carbons (Fsp3) is 0.385. The Labute approximate surface area is 119 Å². The zero-order valence-electron chi connectivity index (χ0n) is 9.78. The quantitative estimate of drug-likeness (QED) is 0.798. The lowest BCUT2D eigenvalue weighted by atomic mass is 10.1. The molecule has 2 rings (SSSR count). The Morgan fingerprint density at radius 3 is 2.88 bits per heavy atom. The van der Waals surface area contributed by atoms with E-state index in [0.717, 1.165) is 13.0 Å². The van der Waals surface area contributed by atoms with Gasteiger partial charge in [-0.2, -0.15) is 0 Å². The largest absolute Gasteiger partial charge is 0.309 e. The number of nitrogens with one attached hydrogen (secondary N) is 1. The van der Waals surface area contributed by atoms with Crippen LogP contribution in [0.15, 0.2) is 33.4 Å². The summed E-state index contributed by atoms with van der Waals surface area (Å²) in [7, 11) is 0. The molecule has 1 N–H and O–H groups in total. The third-order valence-corrected chi connectivity index (χ3v) is 5.26. The van der Waals surface area contributed by atoms with Crippen molar-refractivity contribution in [1.29, 1.82) is 0 Å². The van der Waals surface area contributed by atoms with Crippen molar-refractivity contribution < 1.29 is 0 Å². The van der Waals surface area contributed by atoms with Crippen molar-refractivity contribution in [2.24, 2.45) is 0 Å². The van der Waals surface area contributed by atoms with Crippen LogP contribution in [-0.4, -0.2) is 6.54 Å². The number of hydrogen-bond acceptors (Lipinski definition) is 3. The molecule has 0 aliphatic carbocycles. The zero-order valence-corrected chi connectivity index (χ0v) is 13.0. The maximum atomic E-state index is 3.63. The van der Waals surface area contributed by atoms with E-state index < -0.39 is 0 Å². The molecule has 0 aromatic carbocycles. The summed E-state index contributed by atoms with van der Waals surface area (Å²) in [4.78, 5) is 2.86. The molecule has 0 saturated heterocycles. The van der Waals surface area contributed by atoms with Crippen molar-refractivity contribution in [2.45, 2.75) is 25.8 Å². The predicted molar refractivity (Wildman–Crippen MR) is 81.1 cm³/mol. The van der Waals surface area contributed by atoms with Crippen molar-refractivity contribution in [3.05, 3.63) is 43.2 Å². The molecule has 1 nitrogen and oxygen atoms in total. The normalized spacial score (nSPS) is 12.8. The van der Waals surface area contributed by atoms with Gasteiger partial charge in [0.05, 0.1) is 0 Å². The number of halogens is 1. The van der Waals surface area contributed by atoms with Crippen molar-refractivity contribution in [3.63, 3.8) is 0 Å². The first kappa shape index (κ1) is 13.3. The molecule has 2 heterocycles. The second kappa shape index (κ2) is 6.69. The third kappa shape index (κ3) is 3.91. The first-order chi connectivity index (χ1) is 8.29. The maximum Gasteiger partial charge on any atom is 0.0463 e. The number of thiophene rings is 2. The van der Waals surface area contributed by atoms with Gasteiger partial charge in [0.1, 0.15) is 0 Å². The Balaban J connectivity index is 2.05. The average Bonchev–Trinajstić information content (AvgIpc) is 2.95. The molecule has 4 heteroatoms. The summed E-state index contributed by atoms with van der Waals surface area (Å²) in [6.45, 7) is 3.29. The molecule has 0 fully saturated rings. The summed E-state index contributed by atoms with van der Waals surface area (Å²) in [5, 5.41) is 7.94. The lowest BCUT2D eigenvalue weighted by molar-refractivity contribution is 0.539. The molecule has 2 aromatic rings. The van der Waals surface area contributed by atoms with Crippen molar-refractivity contribution in [1.82, 2.24) is 5.32 Å². The monoisotopic (exact) mass is 329 g/mol. The molecule has 0 saturated carbocycles. The highest BCUT2D eigenvalue weighted by atomic mass is 79.9. The van der Waals surface area contributed by atoms with E-state index in [4.69, 9.17) is 0 Å². The van der Waals surface area contributed by atoms with Gasteiger partial charge in [-0.3, -0.25) is 0 Å². The minimum absolute atomic E-state index is 0.459. The van der Waals surface area contributed by atoms with Crippen LogP contribution in [0.3, 0.4) is 0 Å². The van der Waals surface area contributed by atoms with Crippen LogP contribution in [0.4, 0.5) is 0 Å². The minimum Gasteiger partial charge on any atom is -0.309 e. The summed E-state index contributed by atoms with van der Waals surface area (Å²) < 4.78 is 1.19. The first-order valence-electron chi connectivity index (χ1n) is 5.79. The lowest BCUT2D eigenvalue weighted by Gasteiger charge is -2.16. The first-order valence-corrected chi connectivity index (χ1v) is 8.34. The molecule has 92 valence electrons. The van der Waals surface area contributed by atoms with Gasteiger partial charge in [0.2, 0.25) is 0 Å². The predicted octanol–water partition coefficient (Wildman–Crippen LogP) is 4.86. The van der Waals surface area contributed by atoms with Crippen LogP contribution < -0.4 is 5.32 Å². The molecule has 0 aliphatic heterocycles. The molecule has 0 bridgehead atoms. The van der Waals surface area contributed by atoms with Crippen molar-refractivity contribution in [3.8, 4) is 0 Å². The summed E-state index contributed by atoms with van der Waals surface area (Å²) in [6, 6.07) is 7.03. The highest BCUT2D eigenvalue weighted by Gasteiger charge is 2.13. The molecule has 1 unspecified atom stereocenters. The SMILES string of the molecule is CCCNC(Cc1cc(Br)cs1)c1cccs1. The van der Waals surface area contributed by atoms with Crippen LogP contribution in [0.1, 0.15) is 29.1 Å². The fourth-order valence-electron chi connectivity index (χ4n) is 1.74. The molecule has 17 heavy (non-hydrogen) atoms. The van der Waals surface area contributed by atoms with Gasteiger partial charge in [-0.05, 0) is 46.4 Å². The van der Waals surface area contributed by atoms with Gasteiger partial charge in [0.15, 0.2) is 0 Å². The summed E-state index contributed by atoms with van der Waals surface area (Å²) in [5.74, 6) is 0. The lowest BCUT2D eigenvalue weighted by Crippen LogP contribution is -2.22. The molecule has 0 spiro atoms. The fourth-order valence-corrected chi connectivity index (χ4v) is 4.04. The summed E-state index contributed by atoms with van der Waals surface area (Å²) >= 11 is 7.18. The van der Waals surface area contributed by atoms with Gasteiger partial charge in [-0.25, -0.2) is 0 Å². The Morgan fingerprint density at radius 1 is 1.41 bits per heavy atom. The Kier molecular flexibility index (Phi) is 5.22. The highest BCUT2D eigenvalue weighted by Crippen LogP contribution is 2.27. The van der Waals surface area contributed by atoms with E-state index in [1.165, 1.54) is 20.6 Å². The topological polar surface area (TPSA) is 12.0 Å². The Morgan fingerprint density at radius 2 is 2.29 bits per heavy atom. The van der Waals surface area contributed by atoms with Crippen LogP contribution in [-0.2, 0) is 6.42 Å². The van der Waals surface area contributed by atoms with E-state index in [-0.39, 0.29) is 0 Å². The van der Waals surface area contributed by atoms with Crippen LogP contribution in [0.5, 0.6) is 0 Å². The molecule has 0 radical (unpaired) electrons. The van der Waals surface area contributed by atoms with Gasteiger partial charge < -0.3 is 5.32 Å². The smallest absolute Gasteiger partial charge is 0.0463 e. The third-order valence-electron chi connectivity index (χ3n) is 2.55. The number of rotatable bonds is 6. The Bertz CT molecular complexity index is 436. The zero-order chi connectivity index (χ0) is 12.1. The van der Waals surface area contributed by atoms with Crippen LogP contribution in [0.2, 0.25) is 0 Å². The van der Waals surface area contributed by atoms with Gasteiger partial charge in [0, 0.05) is 32.1 Å². The molecule has 1 atom stereocenters. The van der Waals surface area contributed by atoms with Crippen molar-refractivity contribution in [2.75, 3.05) is 6.54 Å². The maximum absolute atomic E-state index is 3.63. The standard InChI is InChI=1S/C13H16BrNS2/c1-2-5-15-12(13-4-3-6-16-13)8-11-7-10(14)9-17-11/h3-4,6-7,9,12,15H,2,5,8H2,1H3. The van der Waals surface area contributed by atoms with E-state index in [0.29, 0.717) is 6.04 Å². The molecular formula is C13H16BrNS2.